The molecule has 1 N–H and O–H groups in total. The third-order valence-corrected chi connectivity index (χ3v) is 5.98. The maximum Gasteiger partial charge on any atom is 0.203 e. The lowest BCUT2D eigenvalue weighted by molar-refractivity contribution is 0.0715. The molecule has 1 aliphatic heterocycles. The van der Waals surface area contributed by atoms with E-state index in [1.54, 1.807) is 42.7 Å². The summed E-state index contributed by atoms with van der Waals surface area (Å²) < 4.78 is 39.0. The molecule has 0 spiro atoms. The first-order valence-electron chi connectivity index (χ1n) is 10.4. The summed E-state index contributed by atoms with van der Waals surface area (Å²) >= 11 is 0. The molecule has 0 aromatic heterocycles. The first kappa shape index (κ1) is 23.8. The normalized spacial score (nSPS) is 20.0. The van der Waals surface area contributed by atoms with Crippen molar-refractivity contribution in [3.8, 4) is 34.5 Å². The van der Waals surface area contributed by atoms with Crippen LogP contribution >= 0.6 is 0 Å². The fourth-order valence-electron chi connectivity index (χ4n) is 4.32. The summed E-state index contributed by atoms with van der Waals surface area (Å²) in [5.41, 5.74) is 1.82. The molecule has 2 aromatic rings. The van der Waals surface area contributed by atoms with Crippen molar-refractivity contribution < 1.29 is 38.3 Å². The van der Waals surface area contributed by atoms with Crippen LogP contribution in [0.1, 0.15) is 17.2 Å². The number of hydrogen-bond acceptors (Lipinski definition) is 8. The van der Waals surface area contributed by atoms with Crippen LogP contribution in [0.5, 0.6) is 34.5 Å². The predicted octanol–water partition coefficient (Wildman–Crippen LogP) is 3.28. The molecule has 8 nitrogen and oxygen atoms in total. The molecule has 0 amide bonds. The monoisotopic (exact) mass is 448 g/mol. The van der Waals surface area contributed by atoms with Gasteiger partial charge in [0.15, 0.2) is 23.0 Å². The lowest BCUT2D eigenvalue weighted by Crippen LogP contribution is -2.21. The van der Waals surface area contributed by atoms with E-state index < -0.39 is 0 Å². The molecule has 1 fully saturated rings. The number of aliphatic hydroxyl groups is 1. The number of rotatable bonds is 10. The zero-order valence-corrected chi connectivity index (χ0v) is 19.5. The third-order valence-electron chi connectivity index (χ3n) is 5.98. The SMILES string of the molecule is COc1cc(OC)c(OC)cc1C[C@H]1CO[C@@H](c2cc(OC)c(OC)c(OC)c2)[C@H]1CO. The topological polar surface area (TPSA) is 84.8 Å². The van der Waals surface area contributed by atoms with Crippen LogP contribution in [0.4, 0.5) is 0 Å². The number of aliphatic hydroxyl groups excluding tert-OH is 1. The lowest BCUT2D eigenvalue weighted by atomic mass is 9.84. The maximum absolute atomic E-state index is 10.3. The first-order chi connectivity index (χ1) is 15.5. The second-order valence-corrected chi connectivity index (χ2v) is 7.54. The maximum atomic E-state index is 10.3. The molecule has 3 rings (SSSR count). The van der Waals surface area contributed by atoms with Gasteiger partial charge in [-0.3, -0.25) is 0 Å². The molecule has 0 bridgehead atoms. The van der Waals surface area contributed by atoms with E-state index in [4.69, 9.17) is 33.2 Å². The first-order valence-corrected chi connectivity index (χ1v) is 10.4. The number of hydrogen-bond donors (Lipinski definition) is 1. The molecule has 176 valence electrons. The second kappa shape index (κ2) is 10.7. The minimum Gasteiger partial charge on any atom is -0.496 e. The number of benzene rings is 2. The van der Waals surface area contributed by atoms with Gasteiger partial charge < -0.3 is 38.3 Å². The van der Waals surface area contributed by atoms with Crippen molar-refractivity contribution in [2.75, 3.05) is 55.9 Å². The van der Waals surface area contributed by atoms with E-state index in [9.17, 15) is 5.11 Å². The van der Waals surface area contributed by atoms with Gasteiger partial charge in [-0.15, -0.1) is 0 Å². The highest BCUT2D eigenvalue weighted by atomic mass is 16.5. The molecule has 0 aliphatic carbocycles. The molecule has 2 aromatic carbocycles. The largest absolute Gasteiger partial charge is 0.496 e. The van der Waals surface area contributed by atoms with Gasteiger partial charge in [-0.1, -0.05) is 0 Å². The fourth-order valence-corrected chi connectivity index (χ4v) is 4.32. The molecule has 1 aliphatic rings. The van der Waals surface area contributed by atoms with Crippen molar-refractivity contribution in [1.29, 1.82) is 0 Å². The van der Waals surface area contributed by atoms with Crippen molar-refractivity contribution in [3.63, 3.8) is 0 Å². The van der Waals surface area contributed by atoms with Crippen molar-refractivity contribution in [2.24, 2.45) is 11.8 Å². The van der Waals surface area contributed by atoms with Crippen LogP contribution in [0.25, 0.3) is 0 Å². The minimum absolute atomic E-state index is 0.0262. The molecule has 0 saturated carbocycles. The van der Waals surface area contributed by atoms with Crippen molar-refractivity contribution >= 4 is 0 Å². The van der Waals surface area contributed by atoms with Crippen LogP contribution in [-0.4, -0.2) is 61.0 Å². The summed E-state index contributed by atoms with van der Waals surface area (Å²) in [7, 11) is 9.53. The second-order valence-electron chi connectivity index (χ2n) is 7.54. The van der Waals surface area contributed by atoms with Gasteiger partial charge in [-0.2, -0.15) is 0 Å². The smallest absolute Gasteiger partial charge is 0.203 e. The van der Waals surface area contributed by atoms with E-state index in [1.165, 1.54) is 0 Å². The Morgan fingerprint density at radius 1 is 0.750 bits per heavy atom. The van der Waals surface area contributed by atoms with Crippen molar-refractivity contribution in [2.45, 2.75) is 12.5 Å². The number of methoxy groups -OCH3 is 6. The van der Waals surface area contributed by atoms with Crippen LogP contribution in [-0.2, 0) is 11.2 Å². The quantitative estimate of drug-likeness (QED) is 0.593. The van der Waals surface area contributed by atoms with Crippen LogP contribution in [0, 0.1) is 11.8 Å². The average molecular weight is 449 g/mol. The Hall–Kier alpha value is -2.84. The highest BCUT2D eigenvalue weighted by Crippen LogP contribution is 2.46. The summed E-state index contributed by atoms with van der Waals surface area (Å²) in [6.07, 6.45) is 0.334. The van der Waals surface area contributed by atoms with E-state index in [1.807, 2.05) is 24.3 Å². The Bertz CT molecular complexity index is 888. The van der Waals surface area contributed by atoms with E-state index >= 15 is 0 Å². The van der Waals surface area contributed by atoms with E-state index in [0.29, 0.717) is 47.5 Å². The van der Waals surface area contributed by atoms with Gasteiger partial charge in [-0.05, 0) is 41.7 Å². The van der Waals surface area contributed by atoms with Crippen LogP contribution < -0.4 is 28.4 Å². The molecular weight excluding hydrogens is 416 g/mol. The van der Waals surface area contributed by atoms with Crippen molar-refractivity contribution in [1.82, 2.24) is 0 Å². The van der Waals surface area contributed by atoms with Gasteiger partial charge >= 0.3 is 0 Å². The molecular formula is C24H32O8. The summed E-state index contributed by atoms with van der Waals surface area (Å²) in [6.45, 7) is 0.464. The zero-order chi connectivity index (χ0) is 23.3. The molecule has 3 atom stereocenters. The standard InChI is InChI=1S/C24H32O8/c1-26-18-11-20(28-3)19(27-2)8-14(18)7-16-13-32-23(17(16)12-25)15-9-21(29-4)24(31-6)22(10-15)30-5/h8-11,16-17,23,25H,7,12-13H2,1-6H3/t16-,17-,23-/m0/s1. The third kappa shape index (κ3) is 4.52. The lowest BCUT2D eigenvalue weighted by Gasteiger charge is -2.23. The molecule has 8 heteroatoms. The molecule has 32 heavy (non-hydrogen) atoms. The summed E-state index contributed by atoms with van der Waals surface area (Å²) in [5.74, 6) is 3.49. The van der Waals surface area contributed by atoms with Gasteiger partial charge in [-0.25, -0.2) is 0 Å². The Morgan fingerprint density at radius 2 is 1.31 bits per heavy atom. The summed E-state index contributed by atoms with van der Waals surface area (Å²) in [5, 5.41) is 10.3. The summed E-state index contributed by atoms with van der Waals surface area (Å²) in [4.78, 5) is 0. The van der Waals surface area contributed by atoms with E-state index in [0.717, 1.165) is 11.1 Å². The fraction of sp³-hybridized carbons (Fsp3) is 0.500. The van der Waals surface area contributed by atoms with Crippen molar-refractivity contribution in [3.05, 3.63) is 35.4 Å². The van der Waals surface area contributed by atoms with Crippen LogP contribution in [0.15, 0.2) is 24.3 Å². The Balaban J connectivity index is 1.91. The molecule has 0 radical (unpaired) electrons. The van der Waals surface area contributed by atoms with Gasteiger partial charge in [0, 0.05) is 18.6 Å². The van der Waals surface area contributed by atoms with E-state index in [2.05, 4.69) is 0 Å². The predicted molar refractivity (Wildman–Crippen MR) is 119 cm³/mol. The highest BCUT2D eigenvalue weighted by Gasteiger charge is 2.39. The Kier molecular flexibility index (Phi) is 7.93. The average Bonchev–Trinajstić information content (AvgIpc) is 3.24. The Labute approximate surface area is 188 Å². The van der Waals surface area contributed by atoms with E-state index in [-0.39, 0.29) is 24.5 Å². The van der Waals surface area contributed by atoms with Gasteiger partial charge in [0.2, 0.25) is 5.75 Å². The van der Waals surface area contributed by atoms with Gasteiger partial charge in [0.1, 0.15) is 5.75 Å². The highest BCUT2D eigenvalue weighted by molar-refractivity contribution is 5.54. The molecule has 1 saturated heterocycles. The zero-order valence-electron chi connectivity index (χ0n) is 19.5. The van der Waals surface area contributed by atoms with Crippen LogP contribution in [0.3, 0.4) is 0 Å². The summed E-state index contributed by atoms with van der Waals surface area (Å²) in [6, 6.07) is 7.47. The Morgan fingerprint density at radius 3 is 1.81 bits per heavy atom. The van der Waals surface area contributed by atoms with Gasteiger partial charge in [0.25, 0.3) is 0 Å². The molecule has 0 unspecified atom stereocenters. The molecule has 1 heterocycles. The van der Waals surface area contributed by atoms with Crippen LogP contribution in [0.2, 0.25) is 0 Å². The number of ether oxygens (including phenoxy) is 7. The minimum atomic E-state index is -0.315. The van der Waals surface area contributed by atoms with Gasteiger partial charge in [0.05, 0.1) is 55.4 Å².